The van der Waals surface area contributed by atoms with E-state index in [1.54, 1.807) is 0 Å². The van der Waals surface area contributed by atoms with E-state index < -0.39 is 0 Å². The van der Waals surface area contributed by atoms with Gasteiger partial charge in [0, 0.05) is 49.9 Å². The Morgan fingerprint density at radius 2 is 1.81 bits per heavy atom. The summed E-state index contributed by atoms with van der Waals surface area (Å²) in [7, 11) is 1.42. The van der Waals surface area contributed by atoms with Crippen molar-refractivity contribution in [2.24, 2.45) is 10.7 Å². The molecule has 1 saturated heterocycles. The van der Waals surface area contributed by atoms with Crippen LogP contribution < -0.4 is 10.6 Å². The van der Waals surface area contributed by atoms with Crippen LogP contribution in [-0.2, 0) is 9.53 Å². The molecule has 0 amide bonds. The molecule has 0 unspecified atom stereocenters. The number of guanidine groups is 1. The quantitative estimate of drug-likeness (QED) is 0.207. The van der Waals surface area contributed by atoms with E-state index in [4.69, 9.17) is 17.3 Å². The molecule has 2 N–H and O–H groups in total. The SMILES string of the molecule is COC(=O)CCCCCN=C(N)N1CCN(c2ccc(Cl)cc2)CC1.I. The van der Waals surface area contributed by atoms with Gasteiger partial charge in [-0.05, 0) is 37.1 Å². The standard InChI is InChI=1S/C18H27ClN4O2.HI/c1-25-17(24)5-3-2-4-10-21-18(20)23-13-11-22(12-14-23)16-8-6-15(19)7-9-16;/h6-9H,2-5,10-14H2,1H3,(H2,20,21);1H. The summed E-state index contributed by atoms with van der Waals surface area (Å²) < 4.78 is 4.62. The molecule has 1 fully saturated rings. The van der Waals surface area contributed by atoms with Gasteiger partial charge in [0.2, 0.25) is 0 Å². The number of aliphatic imine (C=N–C) groups is 1. The highest BCUT2D eigenvalue weighted by molar-refractivity contribution is 14.0. The van der Waals surface area contributed by atoms with Crippen LogP contribution in [0.5, 0.6) is 0 Å². The van der Waals surface area contributed by atoms with Gasteiger partial charge >= 0.3 is 5.97 Å². The van der Waals surface area contributed by atoms with Crippen molar-refractivity contribution in [3.05, 3.63) is 29.3 Å². The molecule has 0 spiro atoms. The third-order valence-electron chi connectivity index (χ3n) is 4.34. The number of rotatable bonds is 7. The highest BCUT2D eigenvalue weighted by atomic mass is 127. The zero-order valence-electron chi connectivity index (χ0n) is 15.2. The normalized spacial score (nSPS) is 14.8. The minimum Gasteiger partial charge on any atom is -0.469 e. The Morgan fingerprint density at radius 1 is 1.15 bits per heavy atom. The highest BCUT2D eigenvalue weighted by Crippen LogP contribution is 2.19. The lowest BCUT2D eigenvalue weighted by Gasteiger charge is -2.36. The van der Waals surface area contributed by atoms with Crippen LogP contribution in [0.2, 0.25) is 5.02 Å². The number of nitrogens with zero attached hydrogens (tertiary/aromatic N) is 3. The summed E-state index contributed by atoms with van der Waals surface area (Å²) in [4.78, 5) is 19.9. The lowest BCUT2D eigenvalue weighted by molar-refractivity contribution is -0.140. The highest BCUT2D eigenvalue weighted by Gasteiger charge is 2.18. The summed E-state index contributed by atoms with van der Waals surface area (Å²) in [5.41, 5.74) is 7.29. The fraction of sp³-hybridized carbons (Fsp3) is 0.556. The first-order valence-electron chi connectivity index (χ1n) is 8.72. The van der Waals surface area contributed by atoms with Gasteiger partial charge in [0.25, 0.3) is 0 Å². The summed E-state index contributed by atoms with van der Waals surface area (Å²) in [5, 5.41) is 0.755. The van der Waals surface area contributed by atoms with Crippen molar-refractivity contribution in [1.82, 2.24) is 4.90 Å². The molecule has 0 saturated carbocycles. The molecule has 8 heteroatoms. The first kappa shape index (κ1) is 22.8. The number of nitrogens with two attached hydrogens (primary N) is 1. The first-order chi connectivity index (χ1) is 12.1. The Kier molecular flexibility index (Phi) is 10.7. The maximum atomic E-state index is 11.0. The van der Waals surface area contributed by atoms with Gasteiger partial charge < -0.3 is 20.3 Å². The van der Waals surface area contributed by atoms with Crippen molar-refractivity contribution in [2.45, 2.75) is 25.7 Å². The number of esters is 1. The monoisotopic (exact) mass is 494 g/mol. The Labute approximate surface area is 177 Å². The van der Waals surface area contributed by atoms with Crippen molar-refractivity contribution >= 4 is 53.2 Å². The third kappa shape index (κ3) is 7.57. The zero-order chi connectivity index (χ0) is 18.1. The van der Waals surface area contributed by atoms with Crippen LogP contribution in [0.1, 0.15) is 25.7 Å². The van der Waals surface area contributed by atoms with Gasteiger partial charge in [-0.15, -0.1) is 24.0 Å². The minimum atomic E-state index is -0.151. The van der Waals surface area contributed by atoms with Gasteiger partial charge in [0.05, 0.1) is 7.11 Å². The van der Waals surface area contributed by atoms with Crippen LogP contribution in [0.15, 0.2) is 29.3 Å². The fourth-order valence-corrected chi connectivity index (χ4v) is 2.93. The van der Waals surface area contributed by atoms with Crippen LogP contribution >= 0.6 is 35.6 Å². The van der Waals surface area contributed by atoms with E-state index in [1.807, 2.05) is 24.3 Å². The number of carbonyl (C=O) groups is 1. The Balaban J connectivity index is 0.00000338. The molecule has 1 aromatic rings. The van der Waals surface area contributed by atoms with E-state index in [0.29, 0.717) is 18.9 Å². The van der Waals surface area contributed by atoms with E-state index >= 15 is 0 Å². The fourth-order valence-electron chi connectivity index (χ4n) is 2.80. The summed E-state index contributed by atoms with van der Waals surface area (Å²) in [6, 6.07) is 7.92. The second-order valence-electron chi connectivity index (χ2n) is 6.08. The van der Waals surface area contributed by atoms with Crippen molar-refractivity contribution in [1.29, 1.82) is 0 Å². The second kappa shape index (κ2) is 12.2. The van der Waals surface area contributed by atoms with E-state index in [-0.39, 0.29) is 29.9 Å². The molecule has 1 aliphatic heterocycles. The third-order valence-corrected chi connectivity index (χ3v) is 4.59. The van der Waals surface area contributed by atoms with Gasteiger partial charge in [-0.2, -0.15) is 0 Å². The Bertz CT molecular complexity index is 575. The molecule has 0 radical (unpaired) electrons. The van der Waals surface area contributed by atoms with Crippen molar-refractivity contribution in [3.8, 4) is 0 Å². The number of unbranched alkanes of at least 4 members (excludes halogenated alkanes) is 2. The predicted molar refractivity (Wildman–Crippen MR) is 118 cm³/mol. The largest absolute Gasteiger partial charge is 0.469 e. The van der Waals surface area contributed by atoms with E-state index in [2.05, 4.69) is 19.5 Å². The lowest BCUT2D eigenvalue weighted by atomic mass is 10.2. The number of hydrogen-bond acceptors (Lipinski definition) is 4. The number of hydrogen-bond donors (Lipinski definition) is 1. The van der Waals surface area contributed by atoms with Crippen LogP contribution in [-0.4, -0.2) is 56.7 Å². The second-order valence-corrected chi connectivity index (χ2v) is 6.51. The molecule has 1 aromatic carbocycles. The number of anilines is 1. The predicted octanol–water partition coefficient (Wildman–Crippen LogP) is 3.13. The summed E-state index contributed by atoms with van der Waals surface area (Å²) in [6.07, 6.45) is 3.20. The molecule has 0 atom stereocenters. The molecule has 6 nitrogen and oxygen atoms in total. The van der Waals surface area contributed by atoms with Gasteiger partial charge in [0.15, 0.2) is 5.96 Å². The molecule has 1 aliphatic rings. The maximum absolute atomic E-state index is 11.0. The van der Waals surface area contributed by atoms with Crippen molar-refractivity contribution in [3.63, 3.8) is 0 Å². The average Bonchev–Trinajstić information content (AvgIpc) is 2.65. The summed E-state index contributed by atoms with van der Waals surface area (Å²) in [5.74, 6) is 0.463. The number of carbonyl (C=O) groups excluding carboxylic acids is 1. The number of piperazine rings is 1. The average molecular weight is 495 g/mol. The lowest BCUT2D eigenvalue weighted by Crippen LogP contribution is -2.51. The minimum absolute atomic E-state index is 0. The van der Waals surface area contributed by atoms with E-state index in [1.165, 1.54) is 12.8 Å². The molecule has 146 valence electrons. The molecule has 26 heavy (non-hydrogen) atoms. The van der Waals surface area contributed by atoms with Crippen molar-refractivity contribution < 1.29 is 9.53 Å². The topological polar surface area (TPSA) is 71.2 Å². The maximum Gasteiger partial charge on any atom is 0.305 e. The van der Waals surface area contributed by atoms with Crippen LogP contribution in [0, 0.1) is 0 Å². The number of benzene rings is 1. The Morgan fingerprint density at radius 3 is 2.42 bits per heavy atom. The van der Waals surface area contributed by atoms with E-state index in [9.17, 15) is 4.79 Å². The molecule has 2 rings (SSSR count). The number of halogens is 2. The zero-order valence-corrected chi connectivity index (χ0v) is 18.3. The molecule has 0 aliphatic carbocycles. The smallest absolute Gasteiger partial charge is 0.305 e. The van der Waals surface area contributed by atoms with Crippen LogP contribution in [0.3, 0.4) is 0 Å². The molecular formula is C18H28ClIN4O2. The van der Waals surface area contributed by atoms with Gasteiger partial charge in [0.1, 0.15) is 0 Å². The summed E-state index contributed by atoms with van der Waals surface area (Å²) >= 11 is 5.94. The van der Waals surface area contributed by atoms with Gasteiger partial charge in [-0.3, -0.25) is 9.79 Å². The first-order valence-corrected chi connectivity index (χ1v) is 9.10. The molecular weight excluding hydrogens is 467 g/mol. The summed E-state index contributed by atoms with van der Waals surface area (Å²) in [6.45, 7) is 4.25. The van der Waals surface area contributed by atoms with Crippen LogP contribution in [0.4, 0.5) is 5.69 Å². The molecule has 1 heterocycles. The van der Waals surface area contributed by atoms with E-state index in [0.717, 1.165) is 50.5 Å². The number of methoxy groups -OCH3 is 1. The van der Waals surface area contributed by atoms with Gasteiger partial charge in [-0.1, -0.05) is 18.0 Å². The van der Waals surface area contributed by atoms with Crippen LogP contribution in [0.25, 0.3) is 0 Å². The molecule has 0 aromatic heterocycles. The Hall–Kier alpha value is -1.22. The van der Waals surface area contributed by atoms with Gasteiger partial charge in [-0.25, -0.2) is 0 Å². The molecule has 0 bridgehead atoms. The van der Waals surface area contributed by atoms with Crippen molar-refractivity contribution in [2.75, 3.05) is 44.7 Å². The number of ether oxygens (including phenoxy) is 1.